The molecule has 6 nitrogen and oxygen atoms in total. The zero-order valence-electron chi connectivity index (χ0n) is 10.9. The average molecular weight is 281 g/mol. The molecule has 0 aliphatic heterocycles. The molecule has 3 aromatic rings. The highest BCUT2D eigenvalue weighted by Gasteiger charge is 2.16. The zero-order chi connectivity index (χ0) is 14.8. The molecule has 0 atom stereocenters. The molecule has 0 fully saturated rings. The maximum Gasteiger partial charge on any atom is 0.293 e. The van der Waals surface area contributed by atoms with Crippen molar-refractivity contribution in [2.45, 2.75) is 0 Å². The van der Waals surface area contributed by atoms with Crippen LogP contribution in [-0.2, 0) is 0 Å². The van der Waals surface area contributed by atoms with Crippen molar-refractivity contribution < 1.29 is 9.72 Å². The van der Waals surface area contributed by atoms with Gasteiger partial charge in [0.25, 0.3) is 11.6 Å². The van der Waals surface area contributed by atoms with E-state index in [1.807, 2.05) is 18.2 Å². The van der Waals surface area contributed by atoms with Crippen LogP contribution in [0.25, 0.3) is 10.9 Å². The van der Waals surface area contributed by atoms with Crippen LogP contribution in [-0.4, -0.2) is 15.8 Å². The molecule has 0 saturated heterocycles. The Balaban J connectivity index is 1.96. The summed E-state index contributed by atoms with van der Waals surface area (Å²) < 4.78 is 0. The summed E-state index contributed by atoms with van der Waals surface area (Å²) in [6, 6.07) is 15.3. The van der Waals surface area contributed by atoms with Gasteiger partial charge in [-0.3, -0.25) is 14.9 Å². The number of aromatic nitrogens is 1. The predicted octanol–water partition coefficient (Wildman–Crippen LogP) is 3.33. The quantitative estimate of drug-likeness (QED) is 0.570. The van der Waals surface area contributed by atoms with E-state index in [0.717, 1.165) is 0 Å². The third-order valence-corrected chi connectivity index (χ3v) is 3.11. The number of carbonyl (C=O) groups is 1. The Labute approximate surface area is 119 Å². The molecular weight excluding hydrogens is 270 g/mol. The number of H-pyrrole nitrogens is 1. The second-order valence-electron chi connectivity index (χ2n) is 4.50. The van der Waals surface area contributed by atoms with Crippen molar-refractivity contribution >= 4 is 28.2 Å². The third-order valence-electron chi connectivity index (χ3n) is 3.11. The van der Waals surface area contributed by atoms with Gasteiger partial charge in [-0.15, -0.1) is 0 Å². The van der Waals surface area contributed by atoms with E-state index < -0.39 is 4.92 Å². The van der Waals surface area contributed by atoms with Crippen molar-refractivity contribution in [1.82, 2.24) is 4.98 Å². The second-order valence-corrected chi connectivity index (χ2v) is 4.50. The number of nitro benzene ring substituents is 1. The predicted molar refractivity (Wildman–Crippen MR) is 79.3 cm³/mol. The van der Waals surface area contributed by atoms with E-state index in [9.17, 15) is 14.9 Å². The number of nitro groups is 1. The molecule has 0 saturated carbocycles. The second kappa shape index (κ2) is 5.09. The first-order valence-electron chi connectivity index (χ1n) is 6.27. The Morgan fingerprint density at radius 3 is 2.57 bits per heavy atom. The monoisotopic (exact) mass is 281 g/mol. The number of para-hydroxylation sites is 2. The topological polar surface area (TPSA) is 88.0 Å². The average Bonchev–Trinajstić information content (AvgIpc) is 2.92. The molecule has 1 amide bonds. The van der Waals surface area contributed by atoms with E-state index >= 15 is 0 Å². The SMILES string of the molecule is O=C(Nc1ccccc1)c1cc2cccc([N+](=O)[O-])c2[nH]1. The van der Waals surface area contributed by atoms with Crippen molar-refractivity contribution in [3.8, 4) is 0 Å². The van der Waals surface area contributed by atoms with Gasteiger partial charge in [-0.2, -0.15) is 0 Å². The lowest BCUT2D eigenvalue weighted by atomic mass is 10.2. The summed E-state index contributed by atoms with van der Waals surface area (Å²) in [5.74, 6) is -0.341. The van der Waals surface area contributed by atoms with Gasteiger partial charge in [0, 0.05) is 17.1 Å². The number of rotatable bonds is 3. The molecule has 1 aromatic heterocycles. The fraction of sp³-hybridized carbons (Fsp3) is 0. The number of amides is 1. The number of benzene rings is 2. The molecule has 0 aliphatic carbocycles. The highest BCUT2D eigenvalue weighted by atomic mass is 16.6. The van der Waals surface area contributed by atoms with E-state index in [1.54, 1.807) is 30.3 Å². The Bertz CT molecular complexity index is 825. The summed E-state index contributed by atoms with van der Waals surface area (Å²) in [5.41, 5.74) is 1.24. The van der Waals surface area contributed by atoms with Crippen LogP contribution in [0.5, 0.6) is 0 Å². The largest absolute Gasteiger partial charge is 0.345 e. The first-order valence-corrected chi connectivity index (χ1v) is 6.27. The van der Waals surface area contributed by atoms with Gasteiger partial charge in [-0.05, 0) is 18.2 Å². The first-order chi connectivity index (χ1) is 10.1. The van der Waals surface area contributed by atoms with Crippen LogP contribution >= 0.6 is 0 Å². The molecule has 21 heavy (non-hydrogen) atoms. The Hall–Kier alpha value is -3.15. The number of anilines is 1. The number of nitrogens with one attached hydrogen (secondary N) is 2. The summed E-state index contributed by atoms with van der Waals surface area (Å²) in [4.78, 5) is 25.5. The fourth-order valence-corrected chi connectivity index (χ4v) is 2.13. The summed E-state index contributed by atoms with van der Waals surface area (Å²) in [6.45, 7) is 0. The van der Waals surface area contributed by atoms with Crippen molar-refractivity contribution in [2.24, 2.45) is 0 Å². The normalized spacial score (nSPS) is 10.5. The van der Waals surface area contributed by atoms with Crippen molar-refractivity contribution in [1.29, 1.82) is 0 Å². The number of non-ortho nitro benzene ring substituents is 1. The highest BCUT2D eigenvalue weighted by Crippen LogP contribution is 2.25. The van der Waals surface area contributed by atoms with Crippen LogP contribution in [0.2, 0.25) is 0 Å². The van der Waals surface area contributed by atoms with Crippen molar-refractivity contribution in [2.75, 3.05) is 5.32 Å². The standard InChI is InChI=1S/C15H11N3O3/c19-15(16-11-6-2-1-3-7-11)12-9-10-5-4-8-13(18(20)21)14(10)17-12/h1-9,17H,(H,16,19). The number of aromatic amines is 1. The Morgan fingerprint density at radius 1 is 1.10 bits per heavy atom. The molecule has 0 spiro atoms. The van der Waals surface area contributed by atoms with E-state index in [4.69, 9.17) is 0 Å². The van der Waals surface area contributed by atoms with Gasteiger partial charge in [-0.1, -0.05) is 30.3 Å². The number of carbonyl (C=O) groups excluding carboxylic acids is 1. The van der Waals surface area contributed by atoms with Crippen LogP contribution in [0.4, 0.5) is 11.4 Å². The van der Waals surface area contributed by atoms with Crippen LogP contribution in [0.1, 0.15) is 10.5 Å². The summed E-state index contributed by atoms with van der Waals surface area (Å²) in [7, 11) is 0. The molecule has 0 aliphatic rings. The maximum absolute atomic E-state index is 12.2. The minimum absolute atomic E-state index is 0.0498. The molecule has 2 N–H and O–H groups in total. The molecule has 0 unspecified atom stereocenters. The summed E-state index contributed by atoms with van der Waals surface area (Å²) >= 11 is 0. The molecule has 0 radical (unpaired) electrons. The minimum Gasteiger partial charge on any atom is -0.345 e. The first kappa shape index (κ1) is 12.9. The molecule has 6 heteroatoms. The van der Waals surface area contributed by atoms with Crippen LogP contribution < -0.4 is 5.32 Å². The lowest BCUT2D eigenvalue weighted by Crippen LogP contribution is -2.11. The van der Waals surface area contributed by atoms with Gasteiger partial charge in [0.15, 0.2) is 0 Å². The van der Waals surface area contributed by atoms with Crippen LogP contribution in [0.15, 0.2) is 54.6 Å². The van der Waals surface area contributed by atoms with Gasteiger partial charge in [-0.25, -0.2) is 0 Å². The van der Waals surface area contributed by atoms with Gasteiger partial charge in [0.2, 0.25) is 0 Å². The lowest BCUT2D eigenvalue weighted by Gasteiger charge is -2.02. The Kier molecular flexibility index (Phi) is 3.12. The van der Waals surface area contributed by atoms with E-state index in [2.05, 4.69) is 10.3 Å². The van der Waals surface area contributed by atoms with Gasteiger partial charge in [0.1, 0.15) is 11.2 Å². The number of nitrogens with zero attached hydrogens (tertiary/aromatic N) is 1. The maximum atomic E-state index is 12.2. The molecule has 3 rings (SSSR count). The van der Waals surface area contributed by atoms with E-state index in [-0.39, 0.29) is 17.3 Å². The van der Waals surface area contributed by atoms with E-state index in [1.165, 1.54) is 6.07 Å². The van der Waals surface area contributed by atoms with Crippen LogP contribution in [0, 0.1) is 10.1 Å². The third kappa shape index (κ3) is 2.46. The smallest absolute Gasteiger partial charge is 0.293 e. The van der Waals surface area contributed by atoms with Crippen molar-refractivity contribution in [3.63, 3.8) is 0 Å². The van der Waals surface area contributed by atoms with Gasteiger partial charge < -0.3 is 10.3 Å². The minimum atomic E-state index is -0.474. The molecule has 104 valence electrons. The fourth-order valence-electron chi connectivity index (χ4n) is 2.13. The zero-order valence-corrected chi connectivity index (χ0v) is 10.9. The molecule has 1 heterocycles. The summed E-state index contributed by atoms with van der Waals surface area (Å²) in [6.07, 6.45) is 0. The highest BCUT2D eigenvalue weighted by molar-refractivity contribution is 6.06. The van der Waals surface area contributed by atoms with E-state index in [0.29, 0.717) is 16.6 Å². The number of fused-ring (bicyclic) bond motifs is 1. The lowest BCUT2D eigenvalue weighted by molar-refractivity contribution is -0.383. The number of hydrogen-bond acceptors (Lipinski definition) is 3. The summed E-state index contributed by atoms with van der Waals surface area (Å²) in [5, 5.41) is 14.3. The van der Waals surface area contributed by atoms with Gasteiger partial charge >= 0.3 is 0 Å². The number of hydrogen-bond donors (Lipinski definition) is 2. The van der Waals surface area contributed by atoms with Crippen molar-refractivity contribution in [3.05, 3.63) is 70.4 Å². The Morgan fingerprint density at radius 2 is 1.86 bits per heavy atom. The molecule has 0 bridgehead atoms. The van der Waals surface area contributed by atoms with Gasteiger partial charge in [0.05, 0.1) is 4.92 Å². The molecule has 2 aromatic carbocycles. The molecular formula is C15H11N3O3. The van der Waals surface area contributed by atoms with Crippen LogP contribution in [0.3, 0.4) is 0 Å².